The van der Waals surface area contributed by atoms with Gasteiger partial charge in [-0.1, -0.05) is 19.2 Å². The van der Waals surface area contributed by atoms with E-state index in [-0.39, 0.29) is 11.2 Å². The van der Waals surface area contributed by atoms with Crippen molar-refractivity contribution in [3.63, 3.8) is 0 Å². The fourth-order valence-corrected chi connectivity index (χ4v) is 2.56. The standard InChI is InChI=1S/C20H33N5O3/c1-7-11-18(28-8-2)17(3)23(5)15-14-22(4)12-9-10-13-25-20(27)24(6)19(26)16-21-25/h7,11,16H,1,3,8-10,12-15H2,2,4-6H3/b18-11+. The maximum Gasteiger partial charge on any atom is 0.347 e. The fourth-order valence-electron chi connectivity index (χ4n) is 2.56. The number of nitrogens with zero attached hydrogens (tertiary/aromatic N) is 5. The lowest BCUT2D eigenvalue weighted by Crippen LogP contribution is -2.39. The summed E-state index contributed by atoms with van der Waals surface area (Å²) in [5.74, 6) is 0.734. The minimum Gasteiger partial charge on any atom is -0.492 e. The third-order valence-corrected chi connectivity index (χ3v) is 4.44. The molecule has 0 N–H and O–H groups in total. The first-order valence-electron chi connectivity index (χ1n) is 9.49. The van der Waals surface area contributed by atoms with E-state index < -0.39 is 0 Å². The summed E-state index contributed by atoms with van der Waals surface area (Å²) < 4.78 is 8.00. The molecule has 0 bridgehead atoms. The van der Waals surface area contributed by atoms with Crippen LogP contribution in [0.2, 0.25) is 0 Å². The second kappa shape index (κ2) is 12.0. The summed E-state index contributed by atoms with van der Waals surface area (Å²) in [6.45, 7) is 13.4. The first-order valence-corrected chi connectivity index (χ1v) is 9.49. The van der Waals surface area contributed by atoms with Crippen molar-refractivity contribution in [2.75, 3.05) is 40.3 Å². The first-order chi connectivity index (χ1) is 13.3. The highest BCUT2D eigenvalue weighted by atomic mass is 16.5. The lowest BCUT2D eigenvalue weighted by molar-refractivity contribution is 0.212. The smallest absolute Gasteiger partial charge is 0.347 e. The molecule has 0 unspecified atom stereocenters. The van der Waals surface area contributed by atoms with Crippen molar-refractivity contribution in [3.8, 4) is 0 Å². The minimum atomic E-state index is -0.387. The molecule has 0 aliphatic heterocycles. The van der Waals surface area contributed by atoms with Crippen molar-refractivity contribution < 1.29 is 4.74 Å². The Morgan fingerprint density at radius 2 is 1.96 bits per heavy atom. The molecule has 0 aliphatic rings. The van der Waals surface area contributed by atoms with E-state index in [9.17, 15) is 9.59 Å². The molecule has 156 valence electrons. The molecular weight excluding hydrogens is 358 g/mol. The number of allylic oxidation sites excluding steroid dienone is 2. The van der Waals surface area contributed by atoms with Crippen molar-refractivity contribution in [2.24, 2.45) is 7.05 Å². The summed E-state index contributed by atoms with van der Waals surface area (Å²) in [4.78, 5) is 27.6. The number of ether oxygens (including phenoxy) is 1. The zero-order valence-electron chi connectivity index (χ0n) is 17.6. The van der Waals surface area contributed by atoms with Crippen LogP contribution in [0, 0.1) is 0 Å². The van der Waals surface area contributed by atoms with Crippen LogP contribution in [0.5, 0.6) is 0 Å². The SMILES string of the molecule is C=C/C=C(/OCC)C(=C)N(C)CCN(C)CCCCn1ncc(=O)n(C)c1=O. The Labute approximate surface area is 167 Å². The number of likely N-dealkylation sites (N-methyl/N-ethyl adjacent to an activating group) is 2. The highest BCUT2D eigenvalue weighted by Gasteiger charge is 2.10. The van der Waals surface area contributed by atoms with Crippen LogP contribution >= 0.6 is 0 Å². The van der Waals surface area contributed by atoms with Crippen LogP contribution in [0.4, 0.5) is 0 Å². The predicted molar refractivity (Wildman–Crippen MR) is 112 cm³/mol. The molecule has 0 saturated carbocycles. The average molecular weight is 392 g/mol. The Morgan fingerprint density at radius 3 is 2.61 bits per heavy atom. The Hall–Kier alpha value is -2.61. The Morgan fingerprint density at radius 1 is 1.25 bits per heavy atom. The van der Waals surface area contributed by atoms with E-state index in [0.29, 0.717) is 13.2 Å². The van der Waals surface area contributed by atoms with Crippen LogP contribution in [0.3, 0.4) is 0 Å². The summed E-state index contributed by atoms with van der Waals surface area (Å²) in [7, 11) is 5.52. The summed E-state index contributed by atoms with van der Waals surface area (Å²) in [5, 5.41) is 3.90. The highest BCUT2D eigenvalue weighted by molar-refractivity contribution is 5.24. The van der Waals surface area contributed by atoms with Gasteiger partial charge in [-0.2, -0.15) is 5.10 Å². The molecule has 1 heterocycles. The predicted octanol–water partition coefficient (Wildman–Crippen LogP) is 1.21. The molecule has 28 heavy (non-hydrogen) atoms. The fraction of sp³-hybridized carbons (Fsp3) is 0.550. The largest absolute Gasteiger partial charge is 0.492 e. The van der Waals surface area contributed by atoms with Gasteiger partial charge in [-0.3, -0.25) is 9.36 Å². The van der Waals surface area contributed by atoms with Gasteiger partial charge in [0, 0.05) is 33.7 Å². The van der Waals surface area contributed by atoms with E-state index >= 15 is 0 Å². The van der Waals surface area contributed by atoms with Gasteiger partial charge >= 0.3 is 5.69 Å². The first kappa shape index (κ1) is 23.4. The van der Waals surface area contributed by atoms with E-state index in [1.165, 1.54) is 17.9 Å². The van der Waals surface area contributed by atoms with Gasteiger partial charge in [0.25, 0.3) is 5.56 Å². The molecule has 0 aliphatic carbocycles. The van der Waals surface area contributed by atoms with Crippen molar-refractivity contribution in [1.29, 1.82) is 0 Å². The molecule has 1 aromatic heterocycles. The highest BCUT2D eigenvalue weighted by Crippen LogP contribution is 2.13. The van der Waals surface area contributed by atoms with Gasteiger partial charge in [0.05, 0.1) is 12.3 Å². The van der Waals surface area contributed by atoms with E-state index in [1.807, 2.05) is 20.0 Å². The molecule has 0 fully saturated rings. The third-order valence-electron chi connectivity index (χ3n) is 4.44. The van der Waals surface area contributed by atoms with Crippen molar-refractivity contribution in [3.05, 3.63) is 63.8 Å². The van der Waals surface area contributed by atoms with E-state index in [0.717, 1.165) is 48.5 Å². The van der Waals surface area contributed by atoms with Gasteiger partial charge < -0.3 is 14.5 Å². The molecule has 0 saturated heterocycles. The zero-order valence-corrected chi connectivity index (χ0v) is 17.6. The molecule has 8 nitrogen and oxygen atoms in total. The second-order valence-corrected chi connectivity index (χ2v) is 6.63. The van der Waals surface area contributed by atoms with Gasteiger partial charge in [0.1, 0.15) is 12.0 Å². The quantitative estimate of drug-likeness (QED) is 0.286. The molecule has 8 heteroatoms. The van der Waals surface area contributed by atoms with Crippen LogP contribution in [-0.4, -0.2) is 64.5 Å². The maximum absolute atomic E-state index is 11.9. The molecular formula is C20H33N5O3. The number of aromatic nitrogens is 3. The molecule has 0 amide bonds. The van der Waals surface area contributed by atoms with Crippen molar-refractivity contribution in [2.45, 2.75) is 26.3 Å². The number of hydrogen-bond acceptors (Lipinski definition) is 6. The Balaban J connectivity index is 2.38. The maximum atomic E-state index is 11.9. The monoisotopic (exact) mass is 391 g/mol. The van der Waals surface area contributed by atoms with Crippen molar-refractivity contribution >= 4 is 0 Å². The molecule has 0 atom stereocenters. The Kier molecular flexibility index (Phi) is 10.0. The molecule has 0 aromatic carbocycles. The average Bonchev–Trinajstić information content (AvgIpc) is 2.68. The van der Waals surface area contributed by atoms with Crippen LogP contribution in [0.15, 0.2) is 52.6 Å². The van der Waals surface area contributed by atoms with Gasteiger partial charge in [0.15, 0.2) is 0 Å². The third kappa shape index (κ3) is 7.19. The topological polar surface area (TPSA) is 72.6 Å². The summed E-state index contributed by atoms with van der Waals surface area (Å²) in [6, 6.07) is 0. The lowest BCUT2D eigenvalue weighted by Gasteiger charge is -2.26. The van der Waals surface area contributed by atoms with E-state index in [2.05, 4.69) is 35.1 Å². The van der Waals surface area contributed by atoms with Gasteiger partial charge in [0.2, 0.25) is 0 Å². The summed E-state index contributed by atoms with van der Waals surface area (Å²) in [6.07, 6.45) is 6.43. The molecule has 0 spiro atoms. The molecule has 1 aromatic rings. The lowest BCUT2D eigenvalue weighted by atomic mass is 10.3. The Bertz CT molecular complexity index is 794. The normalized spacial score (nSPS) is 11.5. The van der Waals surface area contributed by atoms with Crippen LogP contribution < -0.4 is 11.2 Å². The minimum absolute atomic E-state index is 0.376. The van der Waals surface area contributed by atoms with Crippen molar-refractivity contribution in [1.82, 2.24) is 24.1 Å². The van der Waals surface area contributed by atoms with E-state index in [1.54, 1.807) is 6.08 Å². The van der Waals surface area contributed by atoms with Crippen LogP contribution in [-0.2, 0) is 18.3 Å². The van der Waals surface area contributed by atoms with Gasteiger partial charge in [-0.05, 0) is 39.4 Å². The second-order valence-electron chi connectivity index (χ2n) is 6.63. The number of rotatable bonds is 13. The summed E-state index contributed by atoms with van der Waals surface area (Å²) in [5.41, 5.74) is 0.0658. The number of unbranched alkanes of at least 4 members (excludes halogenated alkanes) is 1. The van der Waals surface area contributed by atoms with Crippen LogP contribution in [0.25, 0.3) is 0 Å². The van der Waals surface area contributed by atoms with Gasteiger partial charge in [-0.15, -0.1) is 0 Å². The number of aryl methyl sites for hydroxylation is 1. The molecule has 1 rings (SSSR count). The van der Waals surface area contributed by atoms with E-state index in [4.69, 9.17) is 4.74 Å². The van der Waals surface area contributed by atoms with Crippen LogP contribution in [0.1, 0.15) is 19.8 Å². The zero-order chi connectivity index (χ0) is 21.1. The van der Waals surface area contributed by atoms with Gasteiger partial charge in [-0.25, -0.2) is 9.48 Å². The molecule has 0 radical (unpaired) electrons. The number of hydrogen-bond donors (Lipinski definition) is 0. The summed E-state index contributed by atoms with van der Waals surface area (Å²) >= 11 is 0.